The van der Waals surface area contributed by atoms with Gasteiger partial charge < -0.3 is 10.1 Å². The fraction of sp³-hybridized carbons (Fsp3) is 0.857. The summed E-state index contributed by atoms with van der Waals surface area (Å²) >= 11 is 0. The Kier molecular flexibility index (Phi) is 4.88. The van der Waals surface area contributed by atoms with Gasteiger partial charge in [-0.2, -0.15) is 26.3 Å². The first-order valence-corrected chi connectivity index (χ1v) is 4.17. The summed E-state index contributed by atoms with van der Waals surface area (Å²) in [5.74, 6) is 0. The number of alkyl halides is 6. The van der Waals surface area contributed by atoms with Crippen LogP contribution < -0.4 is 5.32 Å². The Labute approximate surface area is 86.7 Å². The molecule has 0 unspecified atom stereocenters. The van der Waals surface area contributed by atoms with Gasteiger partial charge in [0.2, 0.25) is 0 Å². The molecular weight excluding hydrogens is 244 g/mol. The zero-order valence-electron chi connectivity index (χ0n) is 8.08. The van der Waals surface area contributed by atoms with Gasteiger partial charge in [0.1, 0.15) is 0 Å². The van der Waals surface area contributed by atoms with Crippen LogP contribution in [0.1, 0.15) is 13.3 Å². The summed E-state index contributed by atoms with van der Waals surface area (Å²) in [6.07, 6.45) is -16.8. The van der Waals surface area contributed by atoms with Gasteiger partial charge in [-0.1, -0.05) is 6.92 Å². The van der Waals surface area contributed by atoms with Gasteiger partial charge in [-0.15, -0.1) is 0 Å². The van der Waals surface area contributed by atoms with Gasteiger partial charge in [0.25, 0.3) is 6.10 Å². The number of alkyl carbamates (subject to hydrolysis) is 1. The number of hydrogen-bond acceptors (Lipinski definition) is 2. The predicted molar refractivity (Wildman–Crippen MR) is 40.7 cm³/mol. The highest BCUT2D eigenvalue weighted by Gasteiger charge is 2.59. The molecule has 0 saturated carbocycles. The molecule has 0 rings (SSSR count). The average molecular weight is 253 g/mol. The molecule has 0 spiro atoms. The van der Waals surface area contributed by atoms with Crippen LogP contribution in [0.3, 0.4) is 0 Å². The molecule has 0 radical (unpaired) electrons. The zero-order valence-corrected chi connectivity index (χ0v) is 8.08. The second kappa shape index (κ2) is 5.26. The molecule has 96 valence electrons. The van der Waals surface area contributed by atoms with Crippen molar-refractivity contribution >= 4 is 6.09 Å². The standard InChI is InChI=1S/C7H9F6NO2/c1-2-3-14-5(15)16-4(6(8,9)10)7(11,12)13/h4H,2-3H2,1H3,(H,14,15). The Bertz CT molecular complexity index is 222. The van der Waals surface area contributed by atoms with Crippen molar-refractivity contribution in [3.05, 3.63) is 0 Å². The third-order valence-corrected chi connectivity index (χ3v) is 1.34. The van der Waals surface area contributed by atoms with E-state index in [2.05, 4.69) is 4.74 Å². The van der Waals surface area contributed by atoms with Crippen molar-refractivity contribution in [1.82, 2.24) is 5.32 Å². The second-order valence-electron chi connectivity index (χ2n) is 2.80. The Hall–Kier alpha value is -1.15. The first-order chi connectivity index (χ1) is 7.09. The Morgan fingerprint density at radius 3 is 1.94 bits per heavy atom. The average Bonchev–Trinajstić information content (AvgIpc) is 2.07. The van der Waals surface area contributed by atoms with E-state index < -0.39 is 24.5 Å². The van der Waals surface area contributed by atoms with Gasteiger partial charge in [-0.3, -0.25) is 0 Å². The SMILES string of the molecule is CCCNC(=O)OC(C(F)(F)F)C(F)(F)F. The molecule has 0 atom stereocenters. The molecule has 0 aliphatic heterocycles. The van der Waals surface area contributed by atoms with Gasteiger partial charge in [-0.25, -0.2) is 4.79 Å². The van der Waals surface area contributed by atoms with Crippen molar-refractivity contribution in [2.24, 2.45) is 0 Å². The molecule has 0 aromatic heterocycles. The smallest absolute Gasteiger partial charge is 0.427 e. The largest absolute Gasteiger partial charge is 0.434 e. The molecule has 0 aliphatic carbocycles. The van der Waals surface area contributed by atoms with Gasteiger partial charge in [0.15, 0.2) is 0 Å². The van der Waals surface area contributed by atoms with E-state index in [1.165, 1.54) is 0 Å². The number of rotatable bonds is 3. The maximum atomic E-state index is 11.9. The molecule has 0 saturated heterocycles. The van der Waals surface area contributed by atoms with E-state index in [-0.39, 0.29) is 6.54 Å². The predicted octanol–water partition coefficient (Wildman–Crippen LogP) is 2.62. The van der Waals surface area contributed by atoms with Crippen LogP contribution in [0.25, 0.3) is 0 Å². The lowest BCUT2D eigenvalue weighted by Crippen LogP contribution is -2.47. The highest BCUT2D eigenvalue weighted by atomic mass is 19.4. The number of carbonyl (C=O) groups is 1. The molecule has 0 aliphatic rings. The fourth-order valence-corrected chi connectivity index (χ4v) is 0.695. The summed E-state index contributed by atoms with van der Waals surface area (Å²) in [7, 11) is 0. The van der Waals surface area contributed by atoms with E-state index in [1.54, 1.807) is 12.2 Å². The van der Waals surface area contributed by atoms with Crippen LogP contribution in [0.2, 0.25) is 0 Å². The zero-order chi connectivity index (χ0) is 13.0. The van der Waals surface area contributed by atoms with Gasteiger partial charge in [0, 0.05) is 6.54 Å². The van der Waals surface area contributed by atoms with Crippen molar-refractivity contribution < 1.29 is 35.9 Å². The number of carbonyl (C=O) groups excluding carboxylic acids is 1. The van der Waals surface area contributed by atoms with Crippen molar-refractivity contribution in [1.29, 1.82) is 0 Å². The normalized spacial score (nSPS) is 12.8. The first kappa shape index (κ1) is 14.8. The molecular formula is C7H9F6NO2. The van der Waals surface area contributed by atoms with E-state index in [1.807, 2.05) is 0 Å². The molecule has 0 heterocycles. The van der Waals surface area contributed by atoms with Crippen molar-refractivity contribution in [2.75, 3.05) is 6.54 Å². The molecule has 0 aromatic rings. The number of halogens is 6. The minimum absolute atomic E-state index is 0.0682. The van der Waals surface area contributed by atoms with Crippen LogP contribution >= 0.6 is 0 Å². The number of amides is 1. The molecule has 3 nitrogen and oxygen atoms in total. The Morgan fingerprint density at radius 1 is 1.19 bits per heavy atom. The maximum Gasteiger partial charge on any atom is 0.434 e. The highest BCUT2D eigenvalue weighted by molar-refractivity contribution is 5.67. The lowest BCUT2D eigenvalue weighted by molar-refractivity contribution is -0.306. The summed E-state index contributed by atoms with van der Waals surface area (Å²) < 4.78 is 74.5. The lowest BCUT2D eigenvalue weighted by Gasteiger charge is -2.22. The molecule has 0 bridgehead atoms. The van der Waals surface area contributed by atoms with E-state index in [4.69, 9.17) is 0 Å². The van der Waals surface area contributed by atoms with E-state index in [9.17, 15) is 31.1 Å². The van der Waals surface area contributed by atoms with E-state index in [0.29, 0.717) is 6.42 Å². The van der Waals surface area contributed by atoms with Crippen LogP contribution in [0.5, 0.6) is 0 Å². The molecule has 1 amide bonds. The van der Waals surface area contributed by atoms with E-state index >= 15 is 0 Å². The van der Waals surface area contributed by atoms with Crippen LogP contribution in [-0.4, -0.2) is 31.1 Å². The van der Waals surface area contributed by atoms with Crippen molar-refractivity contribution in [3.63, 3.8) is 0 Å². The van der Waals surface area contributed by atoms with Crippen LogP contribution in [0.15, 0.2) is 0 Å². The van der Waals surface area contributed by atoms with Crippen molar-refractivity contribution in [3.8, 4) is 0 Å². The number of nitrogens with one attached hydrogen (secondary N) is 1. The molecule has 16 heavy (non-hydrogen) atoms. The third kappa shape index (κ3) is 5.08. The summed E-state index contributed by atoms with van der Waals surface area (Å²) in [6, 6.07) is 0. The number of ether oxygens (including phenoxy) is 1. The minimum atomic E-state index is -5.68. The molecule has 0 fully saturated rings. The van der Waals surface area contributed by atoms with Crippen LogP contribution in [0.4, 0.5) is 31.1 Å². The summed E-state index contributed by atoms with van der Waals surface area (Å²) in [6.45, 7) is 1.51. The lowest BCUT2D eigenvalue weighted by atomic mass is 10.3. The maximum absolute atomic E-state index is 11.9. The Morgan fingerprint density at radius 2 is 1.62 bits per heavy atom. The molecule has 0 aromatic carbocycles. The quantitative estimate of drug-likeness (QED) is 0.785. The van der Waals surface area contributed by atoms with Gasteiger partial charge in [-0.05, 0) is 6.42 Å². The topological polar surface area (TPSA) is 38.3 Å². The highest BCUT2D eigenvalue weighted by Crippen LogP contribution is 2.35. The van der Waals surface area contributed by atoms with Gasteiger partial charge in [0.05, 0.1) is 0 Å². The molecule has 1 N–H and O–H groups in total. The minimum Gasteiger partial charge on any atom is -0.427 e. The summed E-state index contributed by atoms with van der Waals surface area (Å²) in [5.41, 5.74) is 0. The van der Waals surface area contributed by atoms with Crippen LogP contribution in [-0.2, 0) is 4.74 Å². The summed E-state index contributed by atoms with van der Waals surface area (Å²) in [5, 5.41) is 1.75. The monoisotopic (exact) mass is 253 g/mol. The number of hydrogen-bond donors (Lipinski definition) is 1. The van der Waals surface area contributed by atoms with E-state index in [0.717, 1.165) is 0 Å². The summed E-state index contributed by atoms with van der Waals surface area (Å²) in [4.78, 5) is 10.6. The fourth-order valence-electron chi connectivity index (χ4n) is 0.695. The second-order valence-corrected chi connectivity index (χ2v) is 2.80. The molecule has 9 heteroatoms. The first-order valence-electron chi connectivity index (χ1n) is 4.17. The van der Waals surface area contributed by atoms with Crippen molar-refractivity contribution in [2.45, 2.75) is 31.8 Å². The van der Waals surface area contributed by atoms with Crippen LogP contribution in [0, 0.1) is 0 Å². The Balaban J connectivity index is 4.52. The van der Waals surface area contributed by atoms with Gasteiger partial charge >= 0.3 is 18.4 Å². The third-order valence-electron chi connectivity index (χ3n) is 1.34.